The van der Waals surface area contributed by atoms with Crippen LogP contribution in [0.5, 0.6) is 23.3 Å². The summed E-state index contributed by atoms with van der Waals surface area (Å²) in [6.07, 6.45) is -4.11. The van der Waals surface area contributed by atoms with Crippen LogP contribution in [0.2, 0.25) is 10.0 Å². The summed E-state index contributed by atoms with van der Waals surface area (Å²) in [7, 11) is 1.41. The van der Waals surface area contributed by atoms with Crippen LogP contribution in [0.3, 0.4) is 0 Å². The molecule has 2 aromatic heterocycles. The van der Waals surface area contributed by atoms with E-state index in [1.165, 1.54) is 42.7 Å². The van der Waals surface area contributed by atoms with Crippen LogP contribution in [0.1, 0.15) is 13.8 Å². The molecule has 0 bridgehead atoms. The number of pyridine rings is 2. The molecule has 14 heteroatoms. The molecule has 0 spiro atoms. The van der Waals surface area contributed by atoms with E-state index in [0.29, 0.717) is 17.8 Å². The average molecular weight is 560 g/mol. The highest BCUT2D eigenvalue weighted by atomic mass is 35.5. The number of aliphatic hydroxyl groups is 1. The highest BCUT2D eigenvalue weighted by molar-refractivity contribution is 6.39. The molecule has 1 aromatic carbocycles. The first-order valence-electron chi connectivity index (χ1n) is 11.0. The molecule has 0 fully saturated rings. The minimum absolute atomic E-state index is 0.0945. The molecule has 0 aliphatic carbocycles. The highest BCUT2D eigenvalue weighted by Gasteiger charge is 2.39. The minimum atomic E-state index is -4.65. The number of aliphatic hydroxyl groups excluding tert-OH is 1. The van der Waals surface area contributed by atoms with E-state index >= 15 is 0 Å². The van der Waals surface area contributed by atoms with E-state index in [1.807, 2.05) is 6.92 Å². The predicted molar refractivity (Wildman–Crippen MR) is 133 cm³/mol. The van der Waals surface area contributed by atoms with Crippen LogP contribution >= 0.6 is 23.2 Å². The van der Waals surface area contributed by atoms with Crippen molar-refractivity contribution in [3.63, 3.8) is 0 Å². The lowest BCUT2D eigenvalue weighted by molar-refractivity contribution is -0.189. The number of benzene rings is 1. The molecular weight excluding hydrogens is 538 g/mol. The normalized spacial score (nSPS) is 14.7. The molecule has 9 nitrogen and oxygen atoms in total. The first-order chi connectivity index (χ1) is 17.6. The van der Waals surface area contributed by atoms with Gasteiger partial charge in [-0.2, -0.15) is 18.3 Å². The summed E-state index contributed by atoms with van der Waals surface area (Å²) in [6.45, 7) is 3.23. The van der Waals surface area contributed by atoms with E-state index in [4.69, 9.17) is 37.4 Å². The first kappa shape index (κ1) is 26.8. The maximum Gasteiger partial charge on any atom is 0.425 e. The second kappa shape index (κ2) is 10.6. The van der Waals surface area contributed by atoms with Crippen molar-refractivity contribution in [1.29, 1.82) is 0 Å². The van der Waals surface area contributed by atoms with Gasteiger partial charge in [0.1, 0.15) is 24.0 Å². The number of rotatable bonds is 8. The smallest absolute Gasteiger partial charge is 0.425 e. The Bertz CT molecular complexity index is 1340. The van der Waals surface area contributed by atoms with E-state index in [1.54, 1.807) is 4.90 Å². The number of alkyl halides is 3. The molecule has 0 saturated heterocycles. The third-order valence-electron chi connectivity index (χ3n) is 5.57. The zero-order valence-electron chi connectivity index (χ0n) is 19.9. The number of likely N-dealkylation sites (N-methyl/N-ethyl adjacent to an activating group) is 1. The molecule has 198 valence electrons. The summed E-state index contributed by atoms with van der Waals surface area (Å²) >= 11 is 13.0. The number of methoxy groups -OCH3 is 1. The summed E-state index contributed by atoms with van der Waals surface area (Å²) in [5.74, 6) is 0.426. The maximum absolute atomic E-state index is 13.5. The second-order valence-corrected chi connectivity index (χ2v) is 8.66. The van der Waals surface area contributed by atoms with Gasteiger partial charge >= 0.3 is 6.18 Å². The van der Waals surface area contributed by atoms with Crippen LogP contribution in [-0.2, 0) is 0 Å². The lowest BCUT2D eigenvalue weighted by Gasteiger charge is -2.24. The molecule has 3 aromatic rings. The Morgan fingerprint density at radius 1 is 1.19 bits per heavy atom. The summed E-state index contributed by atoms with van der Waals surface area (Å²) in [5, 5.41) is 16.2. The van der Waals surface area contributed by atoms with Gasteiger partial charge in [-0.25, -0.2) is 15.0 Å². The number of fused-ring (bicyclic) bond motifs is 1. The van der Waals surface area contributed by atoms with Crippen LogP contribution in [0, 0.1) is 0 Å². The number of hydrazone groups is 1. The van der Waals surface area contributed by atoms with Gasteiger partial charge in [-0.15, -0.1) is 0 Å². The molecule has 1 unspecified atom stereocenters. The molecule has 0 radical (unpaired) electrons. The largest absolute Gasteiger partial charge is 0.481 e. The number of anilines is 1. The summed E-state index contributed by atoms with van der Waals surface area (Å²) in [5.41, 5.74) is 0.279. The Morgan fingerprint density at radius 3 is 2.57 bits per heavy atom. The molecule has 1 aliphatic heterocycles. The average Bonchev–Trinajstić information content (AvgIpc) is 3.29. The van der Waals surface area contributed by atoms with Gasteiger partial charge in [0.2, 0.25) is 11.8 Å². The van der Waals surface area contributed by atoms with Crippen LogP contribution in [0.25, 0.3) is 10.8 Å². The van der Waals surface area contributed by atoms with Crippen molar-refractivity contribution in [1.82, 2.24) is 14.9 Å². The minimum Gasteiger partial charge on any atom is -0.481 e. The number of ether oxygens (including phenoxy) is 3. The topological polar surface area (TPSA) is 92.5 Å². The fourth-order valence-corrected chi connectivity index (χ4v) is 4.05. The Labute approximate surface area is 220 Å². The Hall–Kier alpha value is -3.22. The third-order valence-corrected chi connectivity index (χ3v) is 6.26. The molecule has 4 rings (SSSR count). The van der Waals surface area contributed by atoms with E-state index in [2.05, 4.69) is 15.1 Å². The van der Waals surface area contributed by atoms with Crippen LogP contribution < -0.4 is 19.2 Å². The fourth-order valence-electron chi connectivity index (χ4n) is 3.59. The van der Waals surface area contributed by atoms with E-state index in [9.17, 15) is 18.3 Å². The number of hydrogen-bond donors (Lipinski definition) is 1. The fraction of sp³-hybridized carbons (Fsp3) is 0.348. The van der Waals surface area contributed by atoms with E-state index in [0.717, 1.165) is 6.92 Å². The van der Waals surface area contributed by atoms with E-state index in [-0.39, 0.29) is 57.7 Å². The van der Waals surface area contributed by atoms with Gasteiger partial charge < -0.3 is 24.2 Å². The third kappa shape index (κ3) is 5.41. The highest BCUT2D eigenvalue weighted by Crippen LogP contribution is 2.46. The number of aromatic nitrogens is 2. The number of hydrogen-bond acceptors (Lipinski definition) is 9. The first-order valence-corrected chi connectivity index (χ1v) is 11.8. The lowest BCUT2D eigenvalue weighted by atomic mass is 10.1. The van der Waals surface area contributed by atoms with Crippen molar-refractivity contribution in [2.45, 2.75) is 26.1 Å². The van der Waals surface area contributed by atoms with Crippen LogP contribution in [0.4, 0.5) is 18.9 Å². The maximum atomic E-state index is 13.5. The zero-order chi connectivity index (χ0) is 26.9. The molecule has 0 saturated carbocycles. The van der Waals surface area contributed by atoms with Crippen molar-refractivity contribution < 1.29 is 32.5 Å². The number of amidine groups is 1. The van der Waals surface area contributed by atoms with Crippen molar-refractivity contribution in [3.8, 4) is 23.3 Å². The monoisotopic (exact) mass is 559 g/mol. The van der Waals surface area contributed by atoms with E-state index < -0.39 is 12.3 Å². The SMILES string of the molecule is CCN1CN(c2cc(OC(C)C(F)(F)F)c3c(Oc4cc(OC)ncc4Cl)nccc3c2Cl)N=C1CO. The lowest BCUT2D eigenvalue weighted by Crippen LogP contribution is -2.32. The van der Waals surface area contributed by atoms with Crippen molar-refractivity contribution in [2.75, 3.05) is 31.9 Å². The molecule has 1 aliphatic rings. The van der Waals surface area contributed by atoms with Gasteiger partial charge in [0.05, 0.1) is 29.4 Å². The summed E-state index contributed by atoms with van der Waals surface area (Å²) in [4.78, 5) is 9.97. The standard InChI is InChI=1S/C23H22Cl2F3N5O4/c1-4-32-11-33(31-18(32)10-34)15-7-17(36-12(2)23(26,27)28)20-13(21(15)25)5-6-29-22(20)37-16-8-19(35-3)30-9-14(16)24/h5-9,12,34H,4,10-11H2,1-3H3. The van der Waals surface area contributed by atoms with Gasteiger partial charge in [0.25, 0.3) is 0 Å². The molecule has 3 heterocycles. The summed E-state index contributed by atoms with van der Waals surface area (Å²) in [6, 6.07) is 4.28. The predicted octanol–water partition coefficient (Wildman–Crippen LogP) is 5.47. The molecule has 37 heavy (non-hydrogen) atoms. The molecule has 1 N–H and O–H groups in total. The van der Waals surface area contributed by atoms with Crippen molar-refractivity contribution in [2.24, 2.45) is 5.10 Å². The Kier molecular flexibility index (Phi) is 7.72. The van der Waals surface area contributed by atoms with Crippen LogP contribution in [0.15, 0.2) is 35.7 Å². The van der Waals surface area contributed by atoms with Gasteiger partial charge in [0.15, 0.2) is 17.7 Å². The van der Waals surface area contributed by atoms with Crippen molar-refractivity contribution >= 4 is 45.5 Å². The Balaban J connectivity index is 1.89. The summed E-state index contributed by atoms with van der Waals surface area (Å²) < 4.78 is 56.9. The van der Waals surface area contributed by atoms with Crippen LogP contribution in [-0.4, -0.2) is 65.0 Å². The second-order valence-electron chi connectivity index (χ2n) is 7.88. The molecular formula is C23H22Cl2F3N5O4. The number of nitrogens with zero attached hydrogens (tertiary/aromatic N) is 5. The Morgan fingerprint density at radius 2 is 1.95 bits per heavy atom. The zero-order valence-corrected chi connectivity index (χ0v) is 21.4. The van der Waals surface area contributed by atoms with Gasteiger partial charge in [-0.05, 0) is 19.9 Å². The molecule has 0 amide bonds. The van der Waals surface area contributed by atoms with Crippen molar-refractivity contribution in [3.05, 3.63) is 40.6 Å². The van der Waals surface area contributed by atoms with Gasteiger partial charge in [-0.3, -0.25) is 0 Å². The van der Waals surface area contributed by atoms with Gasteiger partial charge in [-0.1, -0.05) is 23.2 Å². The van der Waals surface area contributed by atoms with Gasteiger partial charge in [0, 0.05) is 30.3 Å². The molecule has 1 atom stereocenters. The number of halogens is 5. The quantitative estimate of drug-likeness (QED) is 0.388.